The number of esters is 3. The van der Waals surface area contributed by atoms with Crippen LogP contribution in [0.2, 0.25) is 0 Å². The third kappa shape index (κ3) is 6.94. The van der Waals surface area contributed by atoms with Gasteiger partial charge in [0, 0.05) is 27.7 Å². The molecular formula is C22H29NO9. The quantitative estimate of drug-likeness (QED) is 0.483. The number of ether oxygens (including phenoxy) is 5. The standard InChI is InChI=1S/C22H29NO9/c1-11-7-8-12(2)17(9-11)31-22-19(23-13(3)24)21(30-16(6)27)20(29-15(5)26)18(32-22)10-28-14(4)25/h7-9,18-22H,10H2,1-6H3,(H,23,24)/t18-,19-,20+,21+,22+/m0/s1. The van der Waals surface area contributed by atoms with Gasteiger partial charge in [-0.3, -0.25) is 19.2 Å². The Hall–Kier alpha value is -3.14. The first kappa shape index (κ1) is 25.1. The topological polar surface area (TPSA) is 126 Å². The van der Waals surface area contributed by atoms with Crippen LogP contribution in [-0.2, 0) is 38.1 Å². The summed E-state index contributed by atoms with van der Waals surface area (Å²) in [5.74, 6) is -1.86. The second-order valence-corrected chi connectivity index (χ2v) is 7.61. The van der Waals surface area contributed by atoms with Crippen molar-refractivity contribution in [3.05, 3.63) is 29.3 Å². The fourth-order valence-electron chi connectivity index (χ4n) is 3.35. The molecule has 0 aromatic heterocycles. The maximum atomic E-state index is 11.9. The highest BCUT2D eigenvalue weighted by Gasteiger charge is 2.52. The Morgan fingerprint density at radius 3 is 2.12 bits per heavy atom. The van der Waals surface area contributed by atoms with Crippen molar-refractivity contribution >= 4 is 23.8 Å². The first-order chi connectivity index (χ1) is 15.0. The van der Waals surface area contributed by atoms with Gasteiger partial charge < -0.3 is 29.0 Å². The van der Waals surface area contributed by atoms with E-state index >= 15 is 0 Å². The van der Waals surface area contributed by atoms with E-state index in [-0.39, 0.29) is 6.61 Å². The minimum Gasteiger partial charge on any atom is -0.463 e. The van der Waals surface area contributed by atoms with Crippen molar-refractivity contribution in [3.8, 4) is 5.75 Å². The first-order valence-electron chi connectivity index (χ1n) is 10.1. The lowest BCUT2D eigenvalue weighted by atomic mass is 9.96. The van der Waals surface area contributed by atoms with Crippen LogP contribution in [0.1, 0.15) is 38.8 Å². The molecule has 0 radical (unpaired) electrons. The van der Waals surface area contributed by atoms with Gasteiger partial charge in [0.1, 0.15) is 24.5 Å². The maximum absolute atomic E-state index is 11.9. The molecule has 0 bridgehead atoms. The molecule has 10 heteroatoms. The van der Waals surface area contributed by atoms with Crippen LogP contribution < -0.4 is 10.1 Å². The highest BCUT2D eigenvalue weighted by atomic mass is 16.7. The molecule has 1 aliphatic rings. The van der Waals surface area contributed by atoms with Crippen LogP contribution in [-0.4, -0.2) is 61.1 Å². The fraction of sp³-hybridized carbons (Fsp3) is 0.545. The van der Waals surface area contributed by atoms with Gasteiger partial charge in [-0.25, -0.2) is 0 Å². The average Bonchev–Trinajstić information content (AvgIpc) is 2.66. The molecule has 1 saturated heterocycles. The minimum absolute atomic E-state index is 0.287. The van der Waals surface area contributed by atoms with E-state index < -0.39 is 54.5 Å². The number of hydrogen-bond acceptors (Lipinski definition) is 9. The van der Waals surface area contributed by atoms with Gasteiger partial charge in [-0.1, -0.05) is 12.1 Å². The highest BCUT2D eigenvalue weighted by Crippen LogP contribution is 2.30. The number of hydrogen-bond donors (Lipinski definition) is 1. The number of amides is 1. The molecule has 1 fully saturated rings. The highest BCUT2D eigenvalue weighted by molar-refractivity contribution is 5.73. The Labute approximate surface area is 186 Å². The molecule has 0 unspecified atom stereocenters. The van der Waals surface area contributed by atoms with Crippen LogP contribution in [0.3, 0.4) is 0 Å². The molecule has 32 heavy (non-hydrogen) atoms. The summed E-state index contributed by atoms with van der Waals surface area (Å²) < 4.78 is 27.9. The molecule has 0 spiro atoms. The zero-order valence-corrected chi connectivity index (χ0v) is 19.0. The fourth-order valence-corrected chi connectivity index (χ4v) is 3.35. The van der Waals surface area contributed by atoms with Crippen molar-refractivity contribution in [1.82, 2.24) is 5.32 Å². The number of carbonyl (C=O) groups is 4. The monoisotopic (exact) mass is 451 g/mol. The van der Waals surface area contributed by atoms with Gasteiger partial charge in [0.25, 0.3) is 0 Å². The van der Waals surface area contributed by atoms with Gasteiger partial charge in [-0.15, -0.1) is 0 Å². The van der Waals surface area contributed by atoms with E-state index in [0.29, 0.717) is 5.75 Å². The van der Waals surface area contributed by atoms with Crippen LogP contribution in [0.15, 0.2) is 18.2 Å². The third-order valence-electron chi connectivity index (χ3n) is 4.66. The molecule has 0 saturated carbocycles. The largest absolute Gasteiger partial charge is 0.463 e. The van der Waals surface area contributed by atoms with Crippen molar-refractivity contribution in [2.45, 2.75) is 72.2 Å². The van der Waals surface area contributed by atoms with E-state index in [1.165, 1.54) is 27.7 Å². The van der Waals surface area contributed by atoms with Gasteiger partial charge in [0.05, 0.1) is 0 Å². The van der Waals surface area contributed by atoms with Crippen molar-refractivity contribution in [2.24, 2.45) is 0 Å². The normalized spacial score (nSPS) is 24.8. The lowest BCUT2D eigenvalue weighted by molar-refractivity contribution is -0.257. The molecule has 1 aliphatic heterocycles. The molecular weight excluding hydrogens is 422 g/mol. The summed E-state index contributed by atoms with van der Waals surface area (Å²) in [6, 6.07) is 4.55. The summed E-state index contributed by atoms with van der Waals surface area (Å²) in [5, 5.41) is 2.67. The van der Waals surface area contributed by atoms with Crippen molar-refractivity contribution in [3.63, 3.8) is 0 Å². The van der Waals surface area contributed by atoms with Crippen LogP contribution in [0, 0.1) is 13.8 Å². The molecule has 1 N–H and O–H groups in total. The maximum Gasteiger partial charge on any atom is 0.303 e. The number of aryl methyl sites for hydroxylation is 2. The summed E-state index contributed by atoms with van der Waals surface area (Å²) in [7, 11) is 0. The van der Waals surface area contributed by atoms with Crippen LogP contribution in [0.5, 0.6) is 5.75 Å². The lowest BCUT2D eigenvalue weighted by Gasteiger charge is -2.44. The molecule has 0 aliphatic carbocycles. The van der Waals surface area contributed by atoms with E-state index in [2.05, 4.69) is 5.32 Å². The molecule has 1 amide bonds. The molecule has 2 rings (SSSR count). The summed E-state index contributed by atoms with van der Waals surface area (Å²) in [5.41, 5.74) is 1.74. The number of nitrogens with one attached hydrogen (secondary N) is 1. The van der Waals surface area contributed by atoms with Gasteiger partial charge >= 0.3 is 17.9 Å². The van der Waals surface area contributed by atoms with Crippen LogP contribution in [0.4, 0.5) is 0 Å². The summed E-state index contributed by atoms with van der Waals surface area (Å²) >= 11 is 0. The summed E-state index contributed by atoms with van der Waals surface area (Å²) in [6.45, 7) is 8.31. The van der Waals surface area contributed by atoms with Gasteiger partial charge in [0.2, 0.25) is 12.2 Å². The SMILES string of the molecule is CC(=O)N[C@@H]1[C@H](Oc2cc(C)ccc2C)O[C@@H](COC(C)=O)[C@@H](OC(C)=O)[C@@H]1OC(C)=O. The van der Waals surface area contributed by atoms with Crippen molar-refractivity contribution < 1.29 is 42.9 Å². The Kier molecular flexibility index (Phi) is 8.59. The molecule has 176 valence electrons. The summed E-state index contributed by atoms with van der Waals surface area (Å²) in [4.78, 5) is 47.0. The van der Waals surface area contributed by atoms with E-state index in [1.54, 1.807) is 6.07 Å². The average molecular weight is 451 g/mol. The van der Waals surface area contributed by atoms with Crippen molar-refractivity contribution in [1.29, 1.82) is 0 Å². The predicted molar refractivity (Wildman–Crippen MR) is 111 cm³/mol. The van der Waals surface area contributed by atoms with Crippen molar-refractivity contribution in [2.75, 3.05) is 6.61 Å². The summed E-state index contributed by atoms with van der Waals surface area (Å²) in [6.07, 6.45) is -4.49. The smallest absolute Gasteiger partial charge is 0.303 e. The van der Waals surface area contributed by atoms with Crippen LogP contribution >= 0.6 is 0 Å². The minimum atomic E-state index is -1.16. The third-order valence-corrected chi connectivity index (χ3v) is 4.66. The number of rotatable bonds is 7. The Morgan fingerprint density at radius 2 is 1.56 bits per heavy atom. The molecule has 5 atom stereocenters. The van der Waals surface area contributed by atoms with E-state index in [9.17, 15) is 19.2 Å². The Balaban J connectivity index is 2.49. The van der Waals surface area contributed by atoms with E-state index in [0.717, 1.165) is 11.1 Å². The molecule has 1 aromatic carbocycles. The number of carbonyl (C=O) groups excluding carboxylic acids is 4. The van der Waals surface area contributed by atoms with Gasteiger partial charge in [0.15, 0.2) is 12.2 Å². The van der Waals surface area contributed by atoms with Gasteiger partial charge in [-0.05, 0) is 31.0 Å². The molecule has 1 heterocycles. The van der Waals surface area contributed by atoms with Gasteiger partial charge in [-0.2, -0.15) is 0 Å². The second kappa shape index (κ2) is 10.9. The molecule has 10 nitrogen and oxygen atoms in total. The second-order valence-electron chi connectivity index (χ2n) is 7.61. The first-order valence-corrected chi connectivity index (χ1v) is 10.1. The number of benzene rings is 1. The Bertz CT molecular complexity index is 869. The molecule has 1 aromatic rings. The zero-order chi connectivity index (χ0) is 24.0. The van der Waals surface area contributed by atoms with E-state index in [1.807, 2.05) is 26.0 Å². The predicted octanol–water partition coefficient (Wildman–Crippen LogP) is 1.34. The van der Waals surface area contributed by atoms with Crippen LogP contribution in [0.25, 0.3) is 0 Å². The lowest BCUT2D eigenvalue weighted by Crippen LogP contribution is -2.67. The Morgan fingerprint density at radius 1 is 0.938 bits per heavy atom. The van der Waals surface area contributed by atoms with E-state index in [4.69, 9.17) is 23.7 Å². The zero-order valence-electron chi connectivity index (χ0n) is 19.0.